The number of rotatable bonds is 4. The van der Waals surface area contributed by atoms with Crippen LogP contribution in [0.5, 0.6) is 0 Å². The molecule has 0 aliphatic carbocycles. The first-order chi connectivity index (χ1) is 11.2. The van der Waals surface area contributed by atoms with E-state index < -0.39 is 23.1 Å². The topological polar surface area (TPSA) is 72.9 Å². The summed E-state index contributed by atoms with van der Waals surface area (Å²) in [5.74, 6) is 1.35. The van der Waals surface area contributed by atoms with Crippen LogP contribution in [0.4, 0.5) is 4.79 Å². The van der Waals surface area contributed by atoms with Gasteiger partial charge in [-0.1, -0.05) is 12.7 Å². The van der Waals surface area contributed by atoms with E-state index in [4.69, 9.17) is 15.9 Å². The first kappa shape index (κ1) is 19.8. The number of nitrogens with zero attached hydrogens (tertiary/aromatic N) is 1. The lowest BCUT2D eigenvalue weighted by Crippen LogP contribution is -2.50. The second-order valence-electron chi connectivity index (χ2n) is 6.78. The molecule has 0 saturated carbocycles. The third kappa shape index (κ3) is 4.85. The number of Topliss-reactive ketones (excluding diaryl/α,β-unsaturated/α-hetero) is 1. The number of likely N-dealkylation sites (tertiary alicyclic amines) is 1. The first-order valence-corrected chi connectivity index (χ1v) is 7.89. The van der Waals surface area contributed by atoms with Crippen LogP contribution in [0.1, 0.15) is 40.0 Å². The highest BCUT2D eigenvalue weighted by Crippen LogP contribution is 2.32. The average Bonchev–Trinajstić information content (AvgIpc) is 2.64. The Bertz CT molecular complexity index is 555. The molecule has 1 aliphatic rings. The van der Waals surface area contributed by atoms with Gasteiger partial charge in [-0.25, -0.2) is 4.79 Å². The maximum absolute atomic E-state index is 12.6. The van der Waals surface area contributed by atoms with E-state index in [0.29, 0.717) is 13.0 Å². The fourth-order valence-corrected chi connectivity index (χ4v) is 2.50. The summed E-state index contributed by atoms with van der Waals surface area (Å²) in [4.78, 5) is 38.8. The van der Waals surface area contributed by atoms with Crippen LogP contribution < -0.4 is 0 Å². The van der Waals surface area contributed by atoms with Crippen molar-refractivity contribution in [2.45, 2.75) is 45.6 Å². The molecule has 1 fully saturated rings. The lowest BCUT2D eigenvalue weighted by molar-refractivity contribution is -0.159. The van der Waals surface area contributed by atoms with Gasteiger partial charge < -0.3 is 14.4 Å². The fourth-order valence-electron chi connectivity index (χ4n) is 2.50. The molecule has 1 atom stereocenters. The molecule has 1 heterocycles. The van der Waals surface area contributed by atoms with Gasteiger partial charge >= 0.3 is 12.1 Å². The zero-order valence-corrected chi connectivity index (χ0v) is 14.6. The minimum atomic E-state index is -1.55. The quantitative estimate of drug-likeness (QED) is 0.341. The normalized spacial score (nSPS) is 21.4. The Kier molecular flexibility index (Phi) is 6.59. The van der Waals surface area contributed by atoms with Gasteiger partial charge in [0.1, 0.15) is 12.2 Å². The summed E-state index contributed by atoms with van der Waals surface area (Å²) in [6.45, 7) is 8.89. The summed E-state index contributed by atoms with van der Waals surface area (Å²) in [5, 5.41) is 0. The van der Waals surface area contributed by atoms with E-state index in [2.05, 4.69) is 12.5 Å². The van der Waals surface area contributed by atoms with Gasteiger partial charge in [0.2, 0.25) is 0 Å². The van der Waals surface area contributed by atoms with E-state index in [0.717, 1.165) is 0 Å². The highest BCUT2D eigenvalue weighted by molar-refractivity contribution is 6.05. The Hall–Kier alpha value is -2.29. The Morgan fingerprint density at radius 2 is 2.12 bits per heavy atom. The summed E-state index contributed by atoms with van der Waals surface area (Å²) in [7, 11) is 0. The molecule has 0 aromatic carbocycles. The van der Waals surface area contributed by atoms with E-state index in [-0.39, 0.29) is 31.8 Å². The molecular formula is C18H25NO5. The lowest BCUT2D eigenvalue weighted by atomic mass is 9.79. The van der Waals surface area contributed by atoms with Crippen molar-refractivity contribution >= 4 is 17.8 Å². The molecule has 0 aromatic heterocycles. The van der Waals surface area contributed by atoms with E-state index >= 15 is 0 Å². The molecule has 0 radical (unpaired) electrons. The van der Waals surface area contributed by atoms with Gasteiger partial charge in [0, 0.05) is 25.9 Å². The molecule has 0 bridgehead atoms. The smallest absolute Gasteiger partial charge is 0.410 e. The molecule has 1 saturated heterocycles. The Morgan fingerprint density at radius 3 is 2.67 bits per heavy atom. The van der Waals surface area contributed by atoms with Crippen molar-refractivity contribution in [3.8, 4) is 12.3 Å². The Balaban J connectivity index is 3.11. The third-order valence-electron chi connectivity index (χ3n) is 3.60. The number of hydrogen-bond donors (Lipinski definition) is 0. The standard InChI is InChI=1S/C18H25NO5/c1-6-10-18(15(21)23-12-7-2)13-19(11-8-9-14(18)20)16(22)24-17(3,4)5/h1,7H,2,8-13H2,3-5H3. The van der Waals surface area contributed by atoms with E-state index in [1.54, 1.807) is 20.8 Å². The van der Waals surface area contributed by atoms with Crippen molar-refractivity contribution in [1.82, 2.24) is 4.90 Å². The van der Waals surface area contributed by atoms with Crippen LogP contribution in [-0.4, -0.2) is 48.0 Å². The molecular weight excluding hydrogens is 310 g/mol. The maximum Gasteiger partial charge on any atom is 0.410 e. The van der Waals surface area contributed by atoms with Gasteiger partial charge in [0.25, 0.3) is 0 Å². The molecule has 0 spiro atoms. The lowest BCUT2D eigenvalue weighted by Gasteiger charge is -2.32. The summed E-state index contributed by atoms with van der Waals surface area (Å²) >= 11 is 0. The molecule has 24 heavy (non-hydrogen) atoms. The van der Waals surface area contributed by atoms with Crippen LogP contribution >= 0.6 is 0 Å². The fraction of sp³-hybridized carbons (Fsp3) is 0.611. The number of esters is 1. The van der Waals surface area contributed by atoms with Crippen LogP contribution in [0.3, 0.4) is 0 Å². The van der Waals surface area contributed by atoms with Gasteiger partial charge in [-0.05, 0) is 27.2 Å². The van der Waals surface area contributed by atoms with Crippen LogP contribution in [0.15, 0.2) is 12.7 Å². The van der Waals surface area contributed by atoms with Gasteiger partial charge in [-0.2, -0.15) is 0 Å². The number of carbonyl (C=O) groups excluding carboxylic acids is 3. The predicted molar refractivity (Wildman–Crippen MR) is 89.1 cm³/mol. The number of ketones is 1. The SMILES string of the molecule is C#CCC1(C(=O)OCC=C)CN(C(=O)OC(C)(C)C)CCCC1=O. The highest BCUT2D eigenvalue weighted by Gasteiger charge is 2.49. The summed E-state index contributed by atoms with van der Waals surface area (Å²) < 4.78 is 10.4. The second-order valence-corrected chi connectivity index (χ2v) is 6.78. The third-order valence-corrected chi connectivity index (χ3v) is 3.60. The van der Waals surface area contributed by atoms with Gasteiger partial charge in [0.15, 0.2) is 11.2 Å². The van der Waals surface area contributed by atoms with Gasteiger partial charge in [-0.15, -0.1) is 12.3 Å². The summed E-state index contributed by atoms with van der Waals surface area (Å²) in [6, 6.07) is 0. The van der Waals surface area contributed by atoms with E-state index in [1.807, 2.05) is 0 Å². The van der Waals surface area contributed by atoms with Crippen molar-refractivity contribution in [3.05, 3.63) is 12.7 Å². The zero-order valence-electron chi connectivity index (χ0n) is 14.6. The molecule has 0 N–H and O–H groups in total. The average molecular weight is 335 g/mol. The zero-order chi connectivity index (χ0) is 18.4. The molecule has 1 amide bonds. The molecule has 6 nitrogen and oxygen atoms in total. The van der Waals surface area contributed by atoms with Crippen molar-refractivity contribution in [3.63, 3.8) is 0 Å². The number of hydrogen-bond acceptors (Lipinski definition) is 5. The monoisotopic (exact) mass is 335 g/mol. The van der Waals surface area contributed by atoms with Gasteiger partial charge in [0.05, 0.1) is 0 Å². The van der Waals surface area contributed by atoms with E-state index in [9.17, 15) is 14.4 Å². The summed E-state index contributed by atoms with van der Waals surface area (Å²) in [5.41, 5.74) is -2.23. The molecule has 132 valence electrons. The Morgan fingerprint density at radius 1 is 1.46 bits per heavy atom. The molecule has 0 aromatic rings. The van der Waals surface area contributed by atoms with Crippen molar-refractivity contribution in [2.75, 3.05) is 19.7 Å². The van der Waals surface area contributed by atoms with Crippen LogP contribution in [-0.2, 0) is 19.1 Å². The minimum absolute atomic E-state index is 0.0229. The molecule has 1 aliphatic heterocycles. The minimum Gasteiger partial charge on any atom is -0.461 e. The van der Waals surface area contributed by atoms with Crippen LogP contribution in [0.2, 0.25) is 0 Å². The van der Waals surface area contributed by atoms with Crippen LogP contribution in [0, 0.1) is 17.8 Å². The predicted octanol–water partition coefficient (Wildman–Crippen LogP) is 2.33. The largest absolute Gasteiger partial charge is 0.461 e. The Labute approximate surface area is 143 Å². The maximum atomic E-state index is 12.6. The number of amides is 1. The first-order valence-electron chi connectivity index (χ1n) is 7.89. The van der Waals surface area contributed by atoms with Crippen molar-refractivity contribution < 1.29 is 23.9 Å². The molecule has 6 heteroatoms. The van der Waals surface area contributed by atoms with Crippen LogP contribution in [0.25, 0.3) is 0 Å². The number of carbonyl (C=O) groups is 3. The molecule has 1 unspecified atom stereocenters. The number of ether oxygens (including phenoxy) is 2. The van der Waals surface area contributed by atoms with Crippen molar-refractivity contribution in [2.24, 2.45) is 5.41 Å². The highest BCUT2D eigenvalue weighted by atomic mass is 16.6. The van der Waals surface area contributed by atoms with Gasteiger partial charge in [-0.3, -0.25) is 9.59 Å². The summed E-state index contributed by atoms with van der Waals surface area (Å²) in [6.07, 6.45) is 6.70. The van der Waals surface area contributed by atoms with E-state index in [1.165, 1.54) is 11.0 Å². The second kappa shape index (κ2) is 8.00. The number of terminal acetylenes is 1. The molecule has 1 rings (SSSR count). The van der Waals surface area contributed by atoms with Crippen molar-refractivity contribution in [1.29, 1.82) is 0 Å².